The molecule has 1 aromatic heterocycles. The summed E-state index contributed by atoms with van der Waals surface area (Å²) in [5.74, 6) is -0.0413. The first kappa shape index (κ1) is 12.5. The van der Waals surface area contributed by atoms with Crippen molar-refractivity contribution in [2.45, 2.75) is 19.9 Å². The second-order valence-corrected chi connectivity index (χ2v) is 4.67. The Labute approximate surface area is 106 Å². The molecule has 1 heterocycles. The average Bonchev–Trinajstić information content (AvgIpc) is 2.37. The van der Waals surface area contributed by atoms with Gasteiger partial charge in [0, 0.05) is 17.3 Å². The van der Waals surface area contributed by atoms with E-state index in [4.69, 9.17) is 5.73 Å². The van der Waals surface area contributed by atoms with Gasteiger partial charge in [0.05, 0.1) is 11.6 Å². The first-order valence-corrected chi connectivity index (χ1v) is 5.99. The molecule has 0 bridgehead atoms. The predicted molar refractivity (Wildman–Crippen MR) is 73.2 cm³/mol. The van der Waals surface area contributed by atoms with E-state index in [1.807, 2.05) is 44.2 Å². The van der Waals surface area contributed by atoms with Crippen LogP contribution < -0.4 is 11.1 Å². The van der Waals surface area contributed by atoms with Crippen molar-refractivity contribution in [1.82, 2.24) is 4.98 Å². The highest BCUT2D eigenvalue weighted by atomic mass is 16.2. The number of carbonyl (C=O) groups excluding carboxylic acids is 1. The van der Waals surface area contributed by atoms with Gasteiger partial charge < -0.3 is 11.1 Å². The van der Waals surface area contributed by atoms with E-state index in [2.05, 4.69) is 10.3 Å². The molecule has 0 unspecified atom stereocenters. The minimum Gasteiger partial charge on any atom is -0.325 e. The molecule has 0 aliphatic heterocycles. The summed E-state index contributed by atoms with van der Waals surface area (Å²) in [7, 11) is 0. The van der Waals surface area contributed by atoms with Crippen molar-refractivity contribution in [3.63, 3.8) is 0 Å². The summed E-state index contributed by atoms with van der Waals surface area (Å²) < 4.78 is 0. The van der Waals surface area contributed by atoms with Crippen molar-refractivity contribution in [2.75, 3.05) is 5.32 Å². The monoisotopic (exact) mass is 243 g/mol. The highest BCUT2D eigenvalue weighted by molar-refractivity contribution is 5.96. The van der Waals surface area contributed by atoms with Crippen LogP contribution >= 0.6 is 0 Å². The van der Waals surface area contributed by atoms with E-state index in [1.54, 1.807) is 6.20 Å². The molecule has 0 saturated carbocycles. The molecule has 18 heavy (non-hydrogen) atoms. The molecule has 4 nitrogen and oxygen atoms in total. The second kappa shape index (κ2) is 5.14. The summed E-state index contributed by atoms with van der Waals surface area (Å²) >= 11 is 0. The van der Waals surface area contributed by atoms with Crippen LogP contribution in [0.25, 0.3) is 10.9 Å². The van der Waals surface area contributed by atoms with Crippen LogP contribution in [0.4, 0.5) is 5.69 Å². The van der Waals surface area contributed by atoms with Crippen molar-refractivity contribution in [2.24, 2.45) is 11.7 Å². The minimum atomic E-state index is -0.491. The van der Waals surface area contributed by atoms with Gasteiger partial charge in [0.25, 0.3) is 0 Å². The predicted octanol–water partition coefficient (Wildman–Crippen LogP) is 2.16. The molecular weight excluding hydrogens is 226 g/mol. The lowest BCUT2D eigenvalue weighted by Gasteiger charge is -2.15. The standard InChI is InChI=1S/C14H17N3O/c1-9(2)13(15)14(18)17-11-5-6-12-10(8-11)4-3-7-16-12/h3-9,13H,15H2,1-2H3,(H,17,18)/t13-/m0/s1. The molecular formula is C14H17N3O. The van der Waals surface area contributed by atoms with Gasteiger partial charge in [0.1, 0.15) is 0 Å². The highest BCUT2D eigenvalue weighted by Crippen LogP contribution is 2.17. The number of fused-ring (bicyclic) bond motifs is 1. The SMILES string of the molecule is CC(C)[C@H](N)C(=O)Nc1ccc2ncccc2c1. The number of rotatable bonds is 3. The molecule has 3 N–H and O–H groups in total. The lowest BCUT2D eigenvalue weighted by molar-refractivity contribution is -0.118. The second-order valence-electron chi connectivity index (χ2n) is 4.67. The fourth-order valence-electron chi connectivity index (χ4n) is 1.68. The number of benzene rings is 1. The van der Waals surface area contributed by atoms with E-state index in [-0.39, 0.29) is 11.8 Å². The molecule has 1 aromatic carbocycles. The molecule has 0 aliphatic carbocycles. The van der Waals surface area contributed by atoms with Crippen molar-refractivity contribution in [3.05, 3.63) is 36.5 Å². The van der Waals surface area contributed by atoms with Gasteiger partial charge in [-0.15, -0.1) is 0 Å². The van der Waals surface area contributed by atoms with Crippen LogP contribution in [0.1, 0.15) is 13.8 Å². The fourth-order valence-corrected chi connectivity index (χ4v) is 1.68. The summed E-state index contributed by atoms with van der Waals surface area (Å²) in [5.41, 5.74) is 7.45. The minimum absolute atomic E-state index is 0.118. The van der Waals surface area contributed by atoms with Crippen LogP contribution in [0.15, 0.2) is 36.5 Å². The molecule has 0 radical (unpaired) electrons. The zero-order valence-corrected chi connectivity index (χ0v) is 10.6. The summed E-state index contributed by atoms with van der Waals surface area (Å²) in [6, 6.07) is 8.95. The first-order valence-electron chi connectivity index (χ1n) is 5.99. The number of aromatic nitrogens is 1. The largest absolute Gasteiger partial charge is 0.325 e. The van der Waals surface area contributed by atoms with Crippen molar-refractivity contribution >= 4 is 22.5 Å². The van der Waals surface area contributed by atoms with Gasteiger partial charge >= 0.3 is 0 Å². The summed E-state index contributed by atoms with van der Waals surface area (Å²) in [6.45, 7) is 3.85. The molecule has 0 fully saturated rings. The van der Waals surface area contributed by atoms with Gasteiger partial charge in [0.15, 0.2) is 0 Å². The number of nitrogens with zero attached hydrogens (tertiary/aromatic N) is 1. The third kappa shape index (κ3) is 2.65. The molecule has 0 aliphatic rings. The number of hydrogen-bond donors (Lipinski definition) is 2. The summed E-state index contributed by atoms with van der Waals surface area (Å²) in [6.07, 6.45) is 1.75. The lowest BCUT2D eigenvalue weighted by atomic mass is 10.0. The maximum Gasteiger partial charge on any atom is 0.241 e. The van der Waals surface area contributed by atoms with E-state index >= 15 is 0 Å². The Morgan fingerprint density at radius 2 is 2.11 bits per heavy atom. The molecule has 1 atom stereocenters. The number of hydrogen-bond acceptors (Lipinski definition) is 3. The van der Waals surface area contributed by atoms with E-state index in [9.17, 15) is 4.79 Å². The number of nitrogens with two attached hydrogens (primary N) is 1. The summed E-state index contributed by atoms with van der Waals surface area (Å²) in [5, 5.41) is 3.82. The highest BCUT2D eigenvalue weighted by Gasteiger charge is 2.17. The third-order valence-corrected chi connectivity index (χ3v) is 2.89. The van der Waals surface area contributed by atoms with Crippen LogP contribution in [0, 0.1) is 5.92 Å². The first-order chi connectivity index (χ1) is 8.58. The smallest absolute Gasteiger partial charge is 0.241 e. The van der Waals surface area contributed by atoms with Crippen molar-refractivity contribution < 1.29 is 4.79 Å². The van der Waals surface area contributed by atoms with Crippen LogP contribution in [0.5, 0.6) is 0 Å². The van der Waals surface area contributed by atoms with Gasteiger partial charge in [-0.3, -0.25) is 9.78 Å². The topological polar surface area (TPSA) is 68.0 Å². The average molecular weight is 243 g/mol. The molecule has 2 aromatic rings. The number of anilines is 1. The van der Waals surface area contributed by atoms with E-state index in [0.29, 0.717) is 0 Å². The van der Waals surface area contributed by atoms with Gasteiger partial charge in [0.2, 0.25) is 5.91 Å². The van der Waals surface area contributed by atoms with Crippen LogP contribution in [-0.4, -0.2) is 16.9 Å². The Balaban J connectivity index is 2.19. The quantitative estimate of drug-likeness (QED) is 0.868. The van der Waals surface area contributed by atoms with E-state index < -0.39 is 6.04 Å². The Kier molecular flexibility index (Phi) is 3.58. The van der Waals surface area contributed by atoms with Crippen molar-refractivity contribution in [3.8, 4) is 0 Å². The zero-order chi connectivity index (χ0) is 13.1. The third-order valence-electron chi connectivity index (χ3n) is 2.89. The van der Waals surface area contributed by atoms with E-state index in [0.717, 1.165) is 16.6 Å². The van der Waals surface area contributed by atoms with Gasteiger partial charge in [-0.05, 0) is 30.2 Å². The van der Waals surface area contributed by atoms with Gasteiger partial charge in [-0.2, -0.15) is 0 Å². The number of pyridine rings is 1. The fraction of sp³-hybridized carbons (Fsp3) is 0.286. The van der Waals surface area contributed by atoms with Gasteiger partial charge in [-0.25, -0.2) is 0 Å². The van der Waals surface area contributed by atoms with Crippen molar-refractivity contribution in [1.29, 1.82) is 0 Å². The van der Waals surface area contributed by atoms with Gasteiger partial charge in [-0.1, -0.05) is 19.9 Å². The lowest BCUT2D eigenvalue weighted by Crippen LogP contribution is -2.39. The van der Waals surface area contributed by atoms with E-state index in [1.165, 1.54) is 0 Å². The number of nitrogens with one attached hydrogen (secondary N) is 1. The Morgan fingerprint density at radius 1 is 1.33 bits per heavy atom. The molecule has 0 spiro atoms. The number of amides is 1. The molecule has 4 heteroatoms. The Hall–Kier alpha value is -1.94. The molecule has 0 saturated heterocycles. The Morgan fingerprint density at radius 3 is 2.83 bits per heavy atom. The normalized spacial score (nSPS) is 12.7. The Bertz CT molecular complexity index is 566. The van der Waals surface area contributed by atoms with Crippen LogP contribution in [-0.2, 0) is 4.79 Å². The molecule has 94 valence electrons. The maximum absolute atomic E-state index is 11.8. The maximum atomic E-state index is 11.8. The summed E-state index contributed by atoms with van der Waals surface area (Å²) in [4.78, 5) is 16.1. The zero-order valence-electron chi connectivity index (χ0n) is 10.6. The van der Waals surface area contributed by atoms with Crippen LogP contribution in [0.3, 0.4) is 0 Å². The van der Waals surface area contributed by atoms with Crippen LogP contribution in [0.2, 0.25) is 0 Å². The molecule has 1 amide bonds. The molecule has 2 rings (SSSR count). The number of carbonyl (C=O) groups is 1.